The van der Waals surface area contributed by atoms with Gasteiger partial charge in [-0.15, -0.1) is 0 Å². The third kappa shape index (κ3) is 3.83. The second-order valence-corrected chi connectivity index (χ2v) is 6.39. The van der Waals surface area contributed by atoms with Gasteiger partial charge in [0.1, 0.15) is 5.82 Å². The smallest absolute Gasteiger partial charge is 0.229 e. The Labute approximate surface area is 149 Å². The predicted octanol–water partition coefficient (Wildman–Crippen LogP) is 4.32. The lowest BCUT2D eigenvalue weighted by molar-refractivity contribution is 0.271. The van der Waals surface area contributed by atoms with Gasteiger partial charge in [0.05, 0.1) is 18.2 Å². The number of hydrogen-bond donors (Lipinski definition) is 3. The van der Waals surface area contributed by atoms with Crippen molar-refractivity contribution in [1.82, 2.24) is 9.97 Å². The van der Waals surface area contributed by atoms with Gasteiger partial charge in [0.15, 0.2) is 0 Å². The van der Waals surface area contributed by atoms with Crippen LogP contribution in [0.3, 0.4) is 0 Å². The normalized spacial score (nSPS) is 12.1. The first kappa shape index (κ1) is 16.7. The molecule has 1 heterocycles. The Morgan fingerprint density at radius 1 is 1.08 bits per heavy atom. The highest BCUT2D eigenvalue weighted by Gasteiger charge is 2.11. The monoisotopic (exact) mass is 386 g/mol. The standard InChI is InChI=1S/C18H19BrN4O/c1-2-13(11-24)20-17-15-5-3-4-6-16(15)22-18(23-17)21-14-9-7-12(19)8-10-14/h3-10,13,24H,2,11H2,1H3,(H2,20,21,22,23). The van der Waals surface area contributed by atoms with E-state index in [0.717, 1.165) is 33.3 Å². The Morgan fingerprint density at radius 3 is 2.54 bits per heavy atom. The fraction of sp³-hybridized carbons (Fsp3) is 0.222. The maximum atomic E-state index is 9.46. The number of benzene rings is 2. The molecule has 3 aromatic rings. The van der Waals surface area contributed by atoms with Gasteiger partial charge in [-0.3, -0.25) is 0 Å². The van der Waals surface area contributed by atoms with E-state index >= 15 is 0 Å². The van der Waals surface area contributed by atoms with Crippen molar-refractivity contribution in [2.75, 3.05) is 17.2 Å². The molecule has 0 aliphatic heterocycles. The molecule has 0 amide bonds. The van der Waals surface area contributed by atoms with E-state index in [1.807, 2.05) is 55.5 Å². The topological polar surface area (TPSA) is 70.1 Å². The molecule has 0 aliphatic rings. The third-order valence-electron chi connectivity index (χ3n) is 3.76. The van der Waals surface area contributed by atoms with Crippen molar-refractivity contribution in [3.63, 3.8) is 0 Å². The van der Waals surface area contributed by atoms with Crippen LogP contribution in [0.15, 0.2) is 53.0 Å². The molecule has 2 aromatic carbocycles. The highest BCUT2D eigenvalue weighted by Crippen LogP contribution is 2.25. The van der Waals surface area contributed by atoms with Gasteiger partial charge < -0.3 is 15.7 Å². The summed E-state index contributed by atoms with van der Waals surface area (Å²) in [5.74, 6) is 1.24. The van der Waals surface area contributed by atoms with Crippen LogP contribution in [-0.2, 0) is 0 Å². The van der Waals surface area contributed by atoms with E-state index in [1.54, 1.807) is 0 Å². The number of para-hydroxylation sites is 1. The Morgan fingerprint density at radius 2 is 1.83 bits per heavy atom. The lowest BCUT2D eigenvalue weighted by Crippen LogP contribution is -2.23. The minimum Gasteiger partial charge on any atom is -0.394 e. The quantitative estimate of drug-likeness (QED) is 0.588. The van der Waals surface area contributed by atoms with Crippen molar-refractivity contribution in [3.8, 4) is 0 Å². The molecule has 6 heteroatoms. The zero-order valence-corrected chi connectivity index (χ0v) is 14.9. The molecule has 0 radical (unpaired) electrons. The Bertz CT molecular complexity index is 819. The molecular weight excluding hydrogens is 368 g/mol. The van der Waals surface area contributed by atoms with Crippen molar-refractivity contribution in [2.45, 2.75) is 19.4 Å². The van der Waals surface area contributed by atoms with Crippen LogP contribution in [0, 0.1) is 0 Å². The number of aliphatic hydroxyl groups is 1. The summed E-state index contributed by atoms with van der Waals surface area (Å²) in [6.45, 7) is 2.09. The molecular formula is C18H19BrN4O. The number of rotatable bonds is 6. The van der Waals surface area contributed by atoms with Crippen molar-refractivity contribution >= 4 is 44.3 Å². The van der Waals surface area contributed by atoms with Gasteiger partial charge in [-0.2, -0.15) is 4.98 Å². The summed E-state index contributed by atoms with van der Waals surface area (Å²) in [5, 5.41) is 16.9. The number of aliphatic hydroxyl groups excluding tert-OH is 1. The SMILES string of the molecule is CCC(CO)Nc1nc(Nc2ccc(Br)cc2)nc2ccccc12. The Kier molecular flexibility index (Phi) is 5.27. The summed E-state index contributed by atoms with van der Waals surface area (Å²) in [4.78, 5) is 9.17. The molecule has 0 bridgehead atoms. The molecule has 0 aliphatic carbocycles. The number of nitrogens with zero attached hydrogens (tertiary/aromatic N) is 2. The van der Waals surface area contributed by atoms with Gasteiger partial charge in [-0.1, -0.05) is 35.0 Å². The van der Waals surface area contributed by atoms with E-state index in [1.165, 1.54) is 0 Å². The molecule has 3 N–H and O–H groups in total. The molecule has 1 unspecified atom stereocenters. The number of nitrogens with one attached hydrogen (secondary N) is 2. The fourth-order valence-corrected chi connectivity index (χ4v) is 2.64. The van der Waals surface area contributed by atoms with E-state index in [2.05, 4.69) is 36.5 Å². The molecule has 1 atom stereocenters. The third-order valence-corrected chi connectivity index (χ3v) is 4.29. The summed E-state index contributed by atoms with van der Waals surface area (Å²) in [6.07, 6.45) is 0.810. The molecule has 0 saturated heterocycles. The number of anilines is 3. The van der Waals surface area contributed by atoms with Crippen LogP contribution in [0.5, 0.6) is 0 Å². The average molecular weight is 387 g/mol. The molecule has 24 heavy (non-hydrogen) atoms. The number of fused-ring (bicyclic) bond motifs is 1. The first-order valence-corrected chi connectivity index (χ1v) is 8.65. The van der Waals surface area contributed by atoms with Crippen molar-refractivity contribution in [2.24, 2.45) is 0 Å². The average Bonchev–Trinajstić information content (AvgIpc) is 2.61. The van der Waals surface area contributed by atoms with E-state index in [0.29, 0.717) is 5.95 Å². The molecule has 0 fully saturated rings. The van der Waals surface area contributed by atoms with Gasteiger partial charge in [0.2, 0.25) is 5.95 Å². The predicted molar refractivity (Wildman–Crippen MR) is 102 cm³/mol. The van der Waals surface area contributed by atoms with Gasteiger partial charge in [0, 0.05) is 15.5 Å². The maximum Gasteiger partial charge on any atom is 0.229 e. The van der Waals surface area contributed by atoms with Gasteiger partial charge in [-0.05, 0) is 42.8 Å². The summed E-state index contributed by atoms with van der Waals surface area (Å²) in [5.41, 5.74) is 1.76. The second-order valence-electron chi connectivity index (χ2n) is 5.48. The number of aromatic nitrogens is 2. The van der Waals surface area contributed by atoms with E-state index < -0.39 is 0 Å². The van der Waals surface area contributed by atoms with Crippen LogP contribution >= 0.6 is 15.9 Å². The summed E-state index contributed by atoms with van der Waals surface area (Å²) >= 11 is 3.43. The van der Waals surface area contributed by atoms with Crippen LogP contribution in [0.1, 0.15) is 13.3 Å². The number of hydrogen-bond acceptors (Lipinski definition) is 5. The van der Waals surface area contributed by atoms with Gasteiger partial charge in [0.25, 0.3) is 0 Å². The summed E-state index contributed by atoms with van der Waals surface area (Å²) in [6, 6.07) is 15.6. The van der Waals surface area contributed by atoms with E-state index in [9.17, 15) is 5.11 Å². The molecule has 5 nitrogen and oxygen atoms in total. The van der Waals surface area contributed by atoms with E-state index in [-0.39, 0.29) is 12.6 Å². The van der Waals surface area contributed by atoms with Crippen molar-refractivity contribution in [3.05, 3.63) is 53.0 Å². The molecule has 3 rings (SSSR count). The summed E-state index contributed by atoms with van der Waals surface area (Å²) in [7, 11) is 0. The lowest BCUT2D eigenvalue weighted by atomic mass is 10.2. The van der Waals surface area contributed by atoms with Crippen molar-refractivity contribution < 1.29 is 5.11 Å². The maximum absolute atomic E-state index is 9.46. The highest BCUT2D eigenvalue weighted by atomic mass is 79.9. The first-order valence-electron chi connectivity index (χ1n) is 7.86. The van der Waals surface area contributed by atoms with Crippen LogP contribution in [0.4, 0.5) is 17.5 Å². The Balaban J connectivity index is 1.97. The zero-order valence-electron chi connectivity index (χ0n) is 13.3. The Hall–Kier alpha value is -2.18. The number of halogens is 1. The van der Waals surface area contributed by atoms with Crippen molar-refractivity contribution in [1.29, 1.82) is 0 Å². The van der Waals surface area contributed by atoms with Crippen LogP contribution in [0.2, 0.25) is 0 Å². The summed E-state index contributed by atoms with van der Waals surface area (Å²) < 4.78 is 1.02. The molecule has 0 saturated carbocycles. The largest absolute Gasteiger partial charge is 0.394 e. The van der Waals surface area contributed by atoms with Crippen LogP contribution in [0.25, 0.3) is 10.9 Å². The van der Waals surface area contributed by atoms with E-state index in [4.69, 9.17) is 0 Å². The molecule has 1 aromatic heterocycles. The minimum atomic E-state index is -0.0381. The van der Waals surface area contributed by atoms with Gasteiger partial charge >= 0.3 is 0 Å². The van der Waals surface area contributed by atoms with Crippen LogP contribution < -0.4 is 10.6 Å². The highest BCUT2D eigenvalue weighted by molar-refractivity contribution is 9.10. The lowest BCUT2D eigenvalue weighted by Gasteiger charge is -2.17. The fourth-order valence-electron chi connectivity index (χ4n) is 2.38. The molecule has 0 spiro atoms. The second kappa shape index (κ2) is 7.59. The first-order chi connectivity index (χ1) is 11.7. The van der Waals surface area contributed by atoms with Gasteiger partial charge in [-0.25, -0.2) is 4.98 Å². The molecule has 124 valence electrons. The zero-order chi connectivity index (χ0) is 16.9. The minimum absolute atomic E-state index is 0.0381. The van der Waals surface area contributed by atoms with Crippen LogP contribution in [-0.4, -0.2) is 27.7 Å².